The zero-order valence-corrected chi connectivity index (χ0v) is 22.7. The number of hydrogen-bond donors (Lipinski definition) is 1. The molecule has 0 aromatic heterocycles. The molecule has 202 valence electrons. The number of anilines is 1. The van der Waals surface area contributed by atoms with Gasteiger partial charge in [-0.15, -0.1) is 0 Å². The fraction of sp³-hybridized carbons (Fsp3) is 0.310. The summed E-state index contributed by atoms with van der Waals surface area (Å²) in [6.45, 7) is 5.78. The van der Waals surface area contributed by atoms with Gasteiger partial charge in [0.25, 0.3) is 10.0 Å². The lowest BCUT2D eigenvalue weighted by Crippen LogP contribution is -2.52. The van der Waals surface area contributed by atoms with Crippen molar-refractivity contribution >= 4 is 27.5 Å². The number of hydrogen-bond acceptors (Lipinski definition) is 4. The van der Waals surface area contributed by atoms with Gasteiger partial charge in [0.05, 0.1) is 10.6 Å². The number of sulfonamides is 1. The van der Waals surface area contributed by atoms with Gasteiger partial charge in [-0.25, -0.2) is 12.8 Å². The van der Waals surface area contributed by atoms with Crippen LogP contribution in [0.1, 0.15) is 37.8 Å². The van der Waals surface area contributed by atoms with E-state index in [-0.39, 0.29) is 23.0 Å². The predicted octanol–water partition coefficient (Wildman–Crippen LogP) is 4.66. The highest BCUT2D eigenvalue weighted by molar-refractivity contribution is 7.92. The number of rotatable bonds is 12. The van der Waals surface area contributed by atoms with Crippen molar-refractivity contribution in [2.75, 3.05) is 17.4 Å². The highest BCUT2D eigenvalue weighted by Crippen LogP contribution is 2.25. The number of nitrogens with one attached hydrogen (secondary N) is 1. The highest BCUT2D eigenvalue weighted by atomic mass is 32.2. The van der Waals surface area contributed by atoms with Crippen LogP contribution >= 0.6 is 0 Å². The van der Waals surface area contributed by atoms with Gasteiger partial charge in [0, 0.05) is 13.1 Å². The van der Waals surface area contributed by atoms with Crippen LogP contribution in [-0.4, -0.2) is 44.3 Å². The Morgan fingerprint density at radius 3 is 2.13 bits per heavy atom. The van der Waals surface area contributed by atoms with E-state index in [4.69, 9.17) is 0 Å². The van der Waals surface area contributed by atoms with E-state index >= 15 is 0 Å². The van der Waals surface area contributed by atoms with Crippen LogP contribution < -0.4 is 9.62 Å². The molecule has 9 heteroatoms. The SMILES string of the molecule is CCCNC(=O)[C@@H](CC)N(Cc1ccc(C)cc1)C(=O)CN(c1ccccc1)S(=O)(=O)c1ccc(F)cc1. The normalized spacial score (nSPS) is 12.0. The van der Waals surface area contributed by atoms with Gasteiger partial charge in [-0.1, -0.05) is 61.9 Å². The van der Waals surface area contributed by atoms with Crippen molar-refractivity contribution in [3.63, 3.8) is 0 Å². The Morgan fingerprint density at radius 2 is 1.55 bits per heavy atom. The quantitative estimate of drug-likeness (QED) is 0.363. The molecule has 0 unspecified atom stereocenters. The second-order valence-electron chi connectivity index (χ2n) is 9.02. The van der Waals surface area contributed by atoms with Gasteiger partial charge in [-0.2, -0.15) is 0 Å². The van der Waals surface area contributed by atoms with Gasteiger partial charge in [-0.3, -0.25) is 13.9 Å². The molecular formula is C29H34FN3O4S. The Hall–Kier alpha value is -3.72. The molecule has 0 saturated heterocycles. The zero-order valence-electron chi connectivity index (χ0n) is 21.9. The average molecular weight is 540 g/mol. The number of carbonyl (C=O) groups is 2. The summed E-state index contributed by atoms with van der Waals surface area (Å²) in [6, 6.07) is 19.5. The van der Waals surface area contributed by atoms with Gasteiger partial charge in [0.1, 0.15) is 18.4 Å². The predicted molar refractivity (Wildman–Crippen MR) is 146 cm³/mol. The first kappa shape index (κ1) is 28.8. The molecule has 0 aliphatic carbocycles. The van der Waals surface area contributed by atoms with Crippen molar-refractivity contribution in [2.24, 2.45) is 0 Å². The first-order valence-electron chi connectivity index (χ1n) is 12.6. The lowest BCUT2D eigenvalue weighted by Gasteiger charge is -2.33. The number of nitrogens with zero attached hydrogens (tertiary/aromatic N) is 2. The lowest BCUT2D eigenvalue weighted by molar-refractivity contribution is -0.140. The molecular weight excluding hydrogens is 505 g/mol. The smallest absolute Gasteiger partial charge is 0.264 e. The second kappa shape index (κ2) is 13.2. The van der Waals surface area contributed by atoms with Crippen molar-refractivity contribution in [1.82, 2.24) is 10.2 Å². The first-order chi connectivity index (χ1) is 18.2. The van der Waals surface area contributed by atoms with E-state index in [9.17, 15) is 22.4 Å². The summed E-state index contributed by atoms with van der Waals surface area (Å²) >= 11 is 0. The lowest BCUT2D eigenvalue weighted by atomic mass is 10.1. The van der Waals surface area contributed by atoms with E-state index in [2.05, 4.69) is 5.32 Å². The van der Waals surface area contributed by atoms with Crippen LogP contribution in [0.2, 0.25) is 0 Å². The van der Waals surface area contributed by atoms with E-state index < -0.39 is 34.3 Å². The molecule has 3 rings (SSSR count). The average Bonchev–Trinajstić information content (AvgIpc) is 2.92. The van der Waals surface area contributed by atoms with E-state index in [1.54, 1.807) is 30.3 Å². The van der Waals surface area contributed by atoms with Crippen LogP contribution in [0.25, 0.3) is 0 Å². The van der Waals surface area contributed by atoms with Gasteiger partial charge >= 0.3 is 0 Å². The summed E-state index contributed by atoms with van der Waals surface area (Å²) in [5.41, 5.74) is 2.15. The molecule has 0 spiro atoms. The molecule has 0 bridgehead atoms. The molecule has 0 fully saturated rings. The number of benzene rings is 3. The van der Waals surface area contributed by atoms with E-state index in [0.29, 0.717) is 13.0 Å². The number of para-hydroxylation sites is 1. The van der Waals surface area contributed by atoms with Gasteiger partial charge in [-0.05, 0) is 61.7 Å². The Morgan fingerprint density at radius 1 is 0.921 bits per heavy atom. The first-order valence-corrected chi connectivity index (χ1v) is 14.1. The van der Waals surface area contributed by atoms with Crippen LogP contribution in [0.15, 0.2) is 83.8 Å². The number of halogens is 1. The topological polar surface area (TPSA) is 86.8 Å². The maximum Gasteiger partial charge on any atom is 0.264 e. The molecule has 1 N–H and O–H groups in total. The van der Waals surface area contributed by atoms with E-state index in [0.717, 1.165) is 34.0 Å². The van der Waals surface area contributed by atoms with Crippen LogP contribution in [0.5, 0.6) is 0 Å². The van der Waals surface area contributed by atoms with Crippen molar-refractivity contribution in [3.8, 4) is 0 Å². The molecule has 0 heterocycles. The molecule has 0 saturated carbocycles. The molecule has 1 atom stereocenters. The number of aryl methyl sites for hydroxylation is 1. The summed E-state index contributed by atoms with van der Waals surface area (Å²) in [6.07, 6.45) is 1.09. The Labute approximate surface area is 224 Å². The van der Waals surface area contributed by atoms with E-state index in [1.165, 1.54) is 17.0 Å². The van der Waals surface area contributed by atoms with Gasteiger partial charge in [0.15, 0.2) is 0 Å². The van der Waals surface area contributed by atoms with Crippen LogP contribution in [0, 0.1) is 12.7 Å². The third-order valence-corrected chi connectivity index (χ3v) is 7.92. The fourth-order valence-corrected chi connectivity index (χ4v) is 5.45. The van der Waals surface area contributed by atoms with Crippen molar-refractivity contribution in [2.45, 2.75) is 51.1 Å². The standard InChI is InChI=1S/C29H34FN3O4S/c1-4-19-31-29(35)27(5-2)32(20-23-13-11-22(3)12-14-23)28(34)21-33(25-9-7-6-8-10-25)38(36,37)26-17-15-24(30)16-18-26/h6-18,27H,4-5,19-21H2,1-3H3,(H,31,35)/t27-/m1/s1. The maximum atomic E-state index is 13.9. The number of carbonyl (C=O) groups excluding carboxylic acids is 2. The van der Waals surface area contributed by atoms with Crippen molar-refractivity contribution in [1.29, 1.82) is 0 Å². The minimum atomic E-state index is -4.23. The summed E-state index contributed by atoms with van der Waals surface area (Å²) in [4.78, 5) is 28.2. The summed E-state index contributed by atoms with van der Waals surface area (Å²) in [5.74, 6) is -1.39. The monoisotopic (exact) mass is 539 g/mol. The molecule has 0 aliphatic rings. The maximum absolute atomic E-state index is 13.9. The largest absolute Gasteiger partial charge is 0.354 e. The third kappa shape index (κ3) is 7.19. The summed E-state index contributed by atoms with van der Waals surface area (Å²) < 4.78 is 41.9. The molecule has 3 aromatic rings. The minimum absolute atomic E-state index is 0.135. The highest BCUT2D eigenvalue weighted by Gasteiger charge is 2.33. The molecule has 7 nitrogen and oxygen atoms in total. The minimum Gasteiger partial charge on any atom is -0.354 e. The summed E-state index contributed by atoms with van der Waals surface area (Å²) in [7, 11) is -4.23. The van der Waals surface area contributed by atoms with Crippen LogP contribution in [0.3, 0.4) is 0 Å². The Balaban J connectivity index is 2.01. The molecule has 2 amide bonds. The second-order valence-corrected chi connectivity index (χ2v) is 10.9. The zero-order chi connectivity index (χ0) is 27.7. The molecule has 0 radical (unpaired) electrons. The molecule has 38 heavy (non-hydrogen) atoms. The van der Waals surface area contributed by atoms with Crippen molar-refractivity contribution < 1.29 is 22.4 Å². The Bertz CT molecular complexity index is 1310. The van der Waals surface area contributed by atoms with Crippen LogP contribution in [-0.2, 0) is 26.2 Å². The van der Waals surface area contributed by atoms with E-state index in [1.807, 2.05) is 45.0 Å². The Kier molecular flexibility index (Phi) is 10.0. The van der Waals surface area contributed by atoms with Crippen molar-refractivity contribution in [3.05, 3.63) is 95.8 Å². The molecule has 3 aromatic carbocycles. The third-order valence-electron chi connectivity index (χ3n) is 6.13. The fourth-order valence-electron chi connectivity index (χ4n) is 4.03. The van der Waals surface area contributed by atoms with Crippen LogP contribution in [0.4, 0.5) is 10.1 Å². The number of amides is 2. The van der Waals surface area contributed by atoms with Gasteiger partial charge < -0.3 is 10.2 Å². The molecule has 0 aliphatic heterocycles. The van der Waals surface area contributed by atoms with Gasteiger partial charge in [0.2, 0.25) is 11.8 Å². The summed E-state index contributed by atoms with van der Waals surface area (Å²) in [5, 5.41) is 2.86.